The Balaban J connectivity index is 1.37. The first-order chi connectivity index (χ1) is 19.5. The fourth-order valence-electron chi connectivity index (χ4n) is 6.04. The minimum absolute atomic E-state index is 0.0618. The van der Waals surface area contributed by atoms with Crippen LogP contribution in [0.25, 0.3) is 28.1 Å². The van der Waals surface area contributed by atoms with Crippen molar-refractivity contribution in [1.29, 1.82) is 0 Å². The van der Waals surface area contributed by atoms with E-state index in [4.69, 9.17) is 24.7 Å². The molecule has 2 saturated heterocycles. The number of aryl methyl sites for hydroxylation is 2. The highest BCUT2D eigenvalue weighted by molar-refractivity contribution is 5.86. The molecule has 2 aliphatic rings. The Bertz CT molecular complexity index is 1500. The number of hydrogen-bond acceptors (Lipinski definition) is 9. The first kappa shape index (κ1) is 26.8. The standard InChI is InChI=1S/C29H39N9O2/c1-5-24-30-22-8-6-7-9-23(22)38(24)29-32-27-26(28(33-29)36-14-16-40-17-15-36)31-25(34(27)4)10-11-35-12-13-37(20(2)3)21(18-35)19-39/h6-9,19-21H,5,10-18H2,1-4H3. The normalized spacial score (nSPS) is 19.3. The topological polar surface area (TPSA) is 97.4 Å². The van der Waals surface area contributed by atoms with Crippen LogP contribution in [0.5, 0.6) is 0 Å². The molecule has 0 saturated carbocycles. The number of anilines is 1. The number of hydrogen-bond donors (Lipinski definition) is 0. The Labute approximate surface area is 234 Å². The molecule has 40 heavy (non-hydrogen) atoms. The number of benzene rings is 1. The Morgan fingerprint density at radius 1 is 1.02 bits per heavy atom. The van der Waals surface area contributed by atoms with E-state index in [1.807, 2.05) is 25.2 Å². The van der Waals surface area contributed by atoms with Gasteiger partial charge in [0.05, 0.1) is 30.3 Å². The highest BCUT2D eigenvalue weighted by atomic mass is 16.5. The van der Waals surface area contributed by atoms with E-state index in [1.165, 1.54) is 0 Å². The number of aldehydes is 1. The molecule has 1 atom stereocenters. The van der Waals surface area contributed by atoms with Gasteiger partial charge in [-0.2, -0.15) is 9.97 Å². The summed E-state index contributed by atoms with van der Waals surface area (Å²) in [5.74, 6) is 3.36. The van der Waals surface area contributed by atoms with Gasteiger partial charge in [-0.05, 0) is 26.0 Å². The molecule has 212 valence electrons. The van der Waals surface area contributed by atoms with Crippen LogP contribution in [-0.2, 0) is 29.4 Å². The highest BCUT2D eigenvalue weighted by Crippen LogP contribution is 2.28. The molecular formula is C29H39N9O2. The van der Waals surface area contributed by atoms with Crippen LogP contribution in [-0.4, -0.2) is 110 Å². The smallest absolute Gasteiger partial charge is 0.239 e. The van der Waals surface area contributed by atoms with E-state index in [1.54, 1.807) is 0 Å². The molecule has 4 aromatic rings. The minimum Gasteiger partial charge on any atom is -0.378 e. The number of piperazine rings is 1. The lowest BCUT2D eigenvalue weighted by Crippen LogP contribution is -2.56. The molecule has 0 bridgehead atoms. The van der Waals surface area contributed by atoms with E-state index in [9.17, 15) is 4.79 Å². The quantitative estimate of drug-likeness (QED) is 0.309. The maximum atomic E-state index is 11.8. The number of aromatic nitrogens is 6. The van der Waals surface area contributed by atoms with Gasteiger partial charge in [-0.1, -0.05) is 19.1 Å². The molecule has 0 aliphatic carbocycles. The SMILES string of the molecule is CCc1nc2ccccc2n1-c1nc(N2CCOCC2)c2nc(CCN3CCN(C(C)C)C(C=O)C3)n(C)c2n1. The number of ether oxygens (including phenoxy) is 1. The fraction of sp³-hybridized carbons (Fsp3) is 0.552. The summed E-state index contributed by atoms with van der Waals surface area (Å²) in [5, 5.41) is 0. The molecule has 1 unspecified atom stereocenters. The average Bonchev–Trinajstić information content (AvgIpc) is 3.52. The van der Waals surface area contributed by atoms with Crippen molar-refractivity contribution in [2.75, 3.05) is 57.4 Å². The molecule has 0 spiro atoms. The zero-order valence-electron chi connectivity index (χ0n) is 24.0. The molecule has 1 aromatic carbocycles. The van der Waals surface area contributed by atoms with Crippen molar-refractivity contribution in [1.82, 2.24) is 38.9 Å². The molecular weight excluding hydrogens is 506 g/mol. The number of fused-ring (bicyclic) bond motifs is 2. The van der Waals surface area contributed by atoms with Gasteiger partial charge in [0.1, 0.15) is 17.9 Å². The predicted octanol–water partition coefficient (Wildman–Crippen LogP) is 2.24. The van der Waals surface area contributed by atoms with E-state index in [0.717, 1.165) is 98.1 Å². The first-order valence-corrected chi connectivity index (χ1v) is 14.4. The Morgan fingerprint density at radius 2 is 1.82 bits per heavy atom. The number of para-hydroxylation sites is 2. The summed E-state index contributed by atoms with van der Waals surface area (Å²) in [6.07, 6.45) is 2.63. The molecule has 6 rings (SSSR count). The lowest BCUT2D eigenvalue weighted by atomic mass is 10.1. The van der Waals surface area contributed by atoms with E-state index in [0.29, 0.717) is 25.2 Å². The molecule has 11 nitrogen and oxygen atoms in total. The Morgan fingerprint density at radius 3 is 2.58 bits per heavy atom. The monoisotopic (exact) mass is 545 g/mol. The maximum absolute atomic E-state index is 11.8. The van der Waals surface area contributed by atoms with Crippen molar-refractivity contribution in [3.8, 4) is 5.95 Å². The third-order valence-electron chi connectivity index (χ3n) is 8.26. The molecule has 2 aliphatic heterocycles. The molecule has 0 amide bonds. The van der Waals surface area contributed by atoms with Crippen LogP contribution in [0.4, 0.5) is 5.82 Å². The van der Waals surface area contributed by atoms with Gasteiger partial charge >= 0.3 is 0 Å². The average molecular weight is 546 g/mol. The fourth-order valence-corrected chi connectivity index (χ4v) is 6.04. The Hall–Kier alpha value is -3.41. The van der Waals surface area contributed by atoms with Crippen LogP contribution >= 0.6 is 0 Å². The van der Waals surface area contributed by atoms with Crippen molar-refractivity contribution < 1.29 is 9.53 Å². The summed E-state index contributed by atoms with van der Waals surface area (Å²) in [7, 11) is 2.04. The summed E-state index contributed by atoms with van der Waals surface area (Å²) in [6.45, 7) is 12.7. The number of rotatable bonds is 8. The van der Waals surface area contributed by atoms with Crippen LogP contribution in [0.15, 0.2) is 24.3 Å². The van der Waals surface area contributed by atoms with Crippen LogP contribution < -0.4 is 4.90 Å². The van der Waals surface area contributed by atoms with Gasteiger partial charge in [-0.15, -0.1) is 0 Å². The van der Waals surface area contributed by atoms with E-state index < -0.39 is 0 Å². The van der Waals surface area contributed by atoms with Crippen molar-refractivity contribution in [3.63, 3.8) is 0 Å². The van der Waals surface area contributed by atoms with Crippen molar-refractivity contribution >= 4 is 34.3 Å². The second kappa shape index (κ2) is 11.2. The van der Waals surface area contributed by atoms with Crippen molar-refractivity contribution in [2.24, 2.45) is 7.05 Å². The summed E-state index contributed by atoms with van der Waals surface area (Å²) in [4.78, 5) is 38.9. The van der Waals surface area contributed by atoms with Gasteiger partial charge in [-0.25, -0.2) is 9.97 Å². The van der Waals surface area contributed by atoms with Gasteiger partial charge in [-0.3, -0.25) is 14.4 Å². The summed E-state index contributed by atoms with van der Waals surface area (Å²) >= 11 is 0. The van der Waals surface area contributed by atoms with E-state index >= 15 is 0 Å². The third kappa shape index (κ3) is 4.86. The number of nitrogens with zero attached hydrogens (tertiary/aromatic N) is 9. The van der Waals surface area contributed by atoms with Gasteiger partial charge in [0.25, 0.3) is 0 Å². The van der Waals surface area contributed by atoms with Gasteiger partial charge in [0.15, 0.2) is 17.0 Å². The number of morpholine rings is 1. The number of imidazole rings is 2. The predicted molar refractivity (Wildman–Crippen MR) is 155 cm³/mol. The summed E-state index contributed by atoms with van der Waals surface area (Å²) in [5.41, 5.74) is 3.57. The molecule has 5 heterocycles. The highest BCUT2D eigenvalue weighted by Gasteiger charge is 2.29. The van der Waals surface area contributed by atoms with E-state index in [2.05, 4.69) is 50.7 Å². The van der Waals surface area contributed by atoms with Crippen molar-refractivity contribution in [2.45, 2.75) is 45.7 Å². The number of carbonyl (C=O) groups excluding carboxylic acids is 1. The van der Waals surface area contributed by atoms with Gasteiger partial charge < -0.3 is 19.0 Å². The van der Waals surface area contributed by atoms with Crippen LogP contribution in [0.2, 0.25) is 0 Å². The van der Waals surface area contributed by atoms with E-state index in [-0.39, 0.29) is 6.04 Å². The molecule has 0 radical (unpaired) electrons. The lowest BCUT2D eigenvalue weighted by molar-refractivity contribution is -0.115. The van der Waals surface area contributed by atoms with Crippen LogP contribution in [0.1, 0.15) is 32.4 Å². The summed E-state index contributed by atoms with van der Waals surface area (Å²) < 4.78 is 9.84. The van der Waals surface area contributed by atoms with Crippen molar-refractivity contribution in [3.05, 3.63) is 35.9 Å². The molecule has 2 fully saturated rings. The van der Waals surface area contributed by atoms with Gasteiger partial charge in [0, 0.05) is 65.2 Å². The van der Waals surface area contributed by atoms with Crippen LogP contribution in [0, 0.1) is 0 Å². The van der Waals surface area contributed by atoms with Crippen LogP contribution in [0.3, 0.4) is 0 Å². The zero-order valence-corrected chi connectivity index (χ0v) is 24.0. The molecule has 3 aromatic heterocycles. The molecule has 11 heteroatoms. The second-order valence-electron chi connectivity index (χ2n) is 11.0. The Kier molecular flexibility index (Phi) is 7.52. The third-order valence-corrected chi connectivity index (χ3v) is 8.26. The van der Waals surface area contributed by atoms with Gasteiger partial charge in [0.2, 0.25) is 5.95 Å². The maximum Gasteiger partial charge on any atom is 0.239 e. The largest absolute Gasteiger partial charge is 0.378 e. The second-order valence-corrected chi connectivity index (χ2v) is 11.0. The lowest BCUT2D eigenvalue weighted by Gasteiger charge is -2.41. The number of carbonyl (C=O) groups is 1. The first-order valence-electron chi connectivity index (χ1n) is 14.4. The summed E-state index contributed by atoms with van der Waals surface area (Å²) in [6, 6.07) is 8.45. The minimum atomic E-state index is -0.0618. The zero-order chi connectivity index (χ0) is 27.8. The molecule has 0 N–H and O–H groups in total.